The molecule has 0 unspecified atom stereocenters. The highest BCUT2D eigenvalue weighted by Crippen LogP contribution is 2.50. The van der Waals surface area contributed by atoms with Gasteiger partial charge in [0.15, 0.2) is 0 Å². The number of rotatable bonds is 5. The van der Waals surface area contributed by atoms with E-state index in [1.807, 2.05) is 6.07 Å². The third kappa shape index (κ3) is 3.64. The van der Waals surface area contributed by atoms with E-state index in [9.17, 15) is 4.39 Å². The number of aromatic nitrogens is 1. The van der Waals surface area contributed by atoms with Crippen LogP contribution in [0.25, 0.3) is 10.9 Å². The summed E-state index contributed by atoms with van der Waals surface area (Å²) in [5, 5.41) is 1.06. The third-order valence-corrected chi connectivity index (χ3v) is 6.20. The molecule has 2 aromatic carbocycles. The van der Waals surface area contributed by atoms with Crippen molar-refractivity contribution in [3.63, 3.8) is 0 Å². The number of H-pyrrole nitrogens is 1. The Morgan fingerprint density at radius 2 is 1.74 bits per heavy atom. The Bertz CT molecular complexity index is 912. The summed E-state index contributed by atoms with van der Waals surface area (Å²) < 4.78 is 13.6. The van der Waals surface area contributed by atoms with Gasteiger partial charge in [0, 0.05) is 56.4 Å². The maximum atomic E-state index is 13.6. The Balaban J connectivity index is 1.15. The summed E-state index contributed by atoms with van der Waals surface area (Å²) >= 11 is 0. The fourth-order valence-electron chi connectivity index (χ4n) is 4.55. The maximum Gasteiger partial charge on any atom is 0.123 e. The van der Waals surface area contributed by atoms with Crippen molar-refractivity contribution in [2.24, 2.45) is 5.92 Å². The van der Waals surface area contributed by atoms with Crippen LogP contribution in [-0.2, 0) is 6.54 Å². The Kier molecular flexibility index (Phi) is 4.46. The van der Waals surface area contributed by atoms with E-state index in [1.165, 1.54) is 30.2 Å². The molecule has 0 radical (unpaired) electrons. The van der Waals surface area contributed by atoms with Gasteiger partial charge in [0.05, 0.1) is 0 Å². The number of halogens is 1. The molecule has 140 valence electrons. The van der Waals surface area contributed by atoms with Crippen LogP contribution < -0.4 is 0 Å². The van der Waals surface area contributed by atoms with Crippen molar-refractivity contribution in [3.05, 3.63) is 71.7 Å². The number of aromatic amines is 1. The number of nitrogens with zero attached hydrogens (tertiary/aromatic N) is 2. The fourth-order valence-corrected chi connectivity index (χ4v) is 4.55. The Morgan fingerprint density at radius 1 is 0.963 bits per heavy atom. The highest BCUT2D eigenvalue weighted by Gasteiger charge is 2.40. The lowest BCUT2D eigenvalue weighted by Gasteiger charge is -2.34. The molecule has 1 saturated carbocycles. The average molecular weight is 363 g/mol. The van der Waals surface area contributed by atoms with Gasteiger partial charge in [0.2, 0.25) is 0 Å². The standard InChI is InChI=1S/C23H26FN3/c24-19-6-7-23-21(13-19)22(14-25-23)20-12-18(20)16-27-10-8-26(9-11-27)15-17-4-2-1-3-5-17/h1-7,13-14,18,20,25H,8-12,15-16H2/t18-,20+/m0/s1. The van der Waals surface area contributed by atoms with Crippen LogP contribution in [0.1, 0.15) is 23.5 Å². The first-order valence-electron chi connectivity index (χ1n) is 10.0. The van der Waals surface area contributed by atoms with Gasteiger partial charge in [-0.15, -0.1) is 0 Å². The van der Waals surface area contributed by atoms with Crippen LogP contribution in [0.4, 0.5) is 4.39 Å². The maximum absolute atomic E-state index is 13.6. The number of piperazine rings is 1. The van der Waals surface area contributed by atoms with Gasteiger partial charge >= 0.3 is 0 Å². The second-order valence-corrected chi connectivity index (χ2v) is 8.10. The largest absolute Gasteiger partial charge is 0.361 e. The minimum atomic E-state index is -0.143. The van der Waals surface area contributed by atoms with Gasteiger partial charge in [-0.05, 0) is 47.6 Å². The molecular formula is C23H26FN3. The Hall–Kier alpha value is -2.17. The van der Waals surface area contributed by atoms with Crippen molar-refractivity contribution in [2.75, 3.05) is 32.7 Å². The molecule has 27 heavy (non-hydrogen) atoms. The van der Waals surface area contributed by atoms with Crippen LogP contribution in [0.5, 0.6) is 0 Å². The van der Waals surface area contributed by atoms with Crippen LogP contribution >= 0.6 is 0 Å². The van der Waals surface area contributed by atoms with Crippen LogP contribution in [-0.4, -0.2) is 47.5 Å². The summed E-state index contributed by atoms with van der Waals surface area (Å²) in [4.78, 5) is 8.47. The predicted octanol–water partition coefficient (Wildman–Crippen LogP) is 4.23. The third-order valence-electron chi connectivity index (χ3n) is 6.20. The average Bonchev–Trinajstić information content (AvgIpc) is 3.32. The molecule has 2 atom stereocenters. The normalized spacial score (nSPS) is 23.7. The van der Waals surface area contributed by atoms with Crippen molar-refractivity contribution in [1.82, 2.24) is 14.8 Å². The summed E-state index contributed by atoms with van der Waals surface area (Å²) in [6.45, 7) is 6.82. The van der Waals surface area contributed by atoms with Crippen LogP contribution in [0.3, 0.4) is 0 Å². The topological polar surface area (TPSA) is 22.3 Å². The molecule has 1 aromatic heterocycles. The molecular weight excluding hydrogens is 337 g/mol. The molecule has 3 aromatic rings. The molecule has 5 rings (SSSR count). The first-order valence-corrected chi connectivity index (χ1v) is 10.0. The molecule has 3 nitrogen and oxygen atoms in total. The monoisotopic (exact) mass is 363 g/mol. The number of hydrogen-bond donors (Lipinski definition) is 1. The molecule has 1 N–H and O–H groups in total. The van der Waals surface area contributed by atoms with Gasteiger partial charge in [-0.2, -0.15) is 0 Å². The zero-order chi connectivity index (χ0) is 18.2. The highest BCUT2D eigenvalue weighted by molar-refractivity contribution is 5.84. The van der Waals surface area contributed by atoms with Gasteiger partial charge in [0.25, 0.3) is 0 Å². The first kappa shape index (κ1) is 17.0. The second-order valence-electron chi connectivity index (χ2n) is 8.10. The number of nitrogens with one attached hydrogen (secondary N) is 1. The number of benzene rings is 2. The van der Waals surface area contributed by atoms with E-state index < -0.39 is 0 Å². The minimum Gasteiger partial charge on any atom is -0.361 e. The van der Waals surface area contributed by atoms with Crippen molar-refractivity contribution in [1.29, 1.82) is 0 Å². The van der Waals surface area contributed by atoms with E-state index in [0.29, 0.717) is 11.8 Å². The van der Waals surface area contributed by atoms with Gasteiger partial charge in [0.1, 0.15) is 5.82 Å². The van der Waals surface area contributed by atoms with E-state index in [1.54, 1.807) is 6.07 Å². The van der Waals surface area contributed by atoms with E-state index in [0.717, 1.165) is 43.6 Å². The highest BCUT2D eigenvalue weighted by atomic mass is 19.1. The van der Waals surface area contributed by atoms with Gasteiger partial charge in [-0.25, -0.2) is 4.39 Å². The van der Waals surface area contributed by atoms with Gasteiger partial charge < -0.3 is 9.88 Å². The lowest BCUT2D eigenvalue weighted by molar-refractivity contribution is 0.123. The molecule has 1 aliphatic carbocycles. The summed E-state index contributed by atoms with van der Waals surface area (Å²) in [5.74, 6) is 1.16. The van der Waals surface area contributed by atoms with Gasteiger partial charge in [-0.1, -0.05) is 30.3 Å². The van der Waals surface area contributed by atoms with E-state index in [-0.39, 0.29) is 5.82 Å². The lowest BCUT2D eigenvalue weighted by Crippen LogP contribution is -2.46. The lowest BCUT2D eigenvalue weighted by atomic mass is 10.1. The molecule has 0 spiro atoms. The zero-order valence-electron chi connectivity index (χ0n) is 15.6. The van der Waals surface area contributed by atoms with Crippen molar-refractivity contribution < 1.29 is 4.39 Å². The SMILES string of the molecule is Fc1ccc2[nH]cc([C@@H]3C[C@H]3CN3CCN(Cc4ccccc4)CC3)c2c1. The molecule has 0 amide bonds. The molecule has 0 bridgehead atoms. The molecule has 4 heteroatoms. The Labute approximate surface area is 159 Å². The van der Waals surface area contributed by atoms with E-state index >= 15 is 0 Å². The summed E-state index contributed by atoms with van der Waals surface area (Å²) in [6, 6.07) is 15.8. The van der Waals surface area contributed by atoms with Crippen molar-refractivity contribution >= 4 is 10.9 Å². The summed E-state index contributed by atoms with van der Waals surface area (Å²) in [6.07, 6.45) is 3.32. The van der Waals surface area contributed by atoms with E-state index in [4.69, 9.17) is 0 Å². The van der Waals surface area contributed by atoms with Crippen LogP contribution in [0.15, 0.2) is 54.7 Å². The molecule has 2 heterocycles. The zero-order valence-corrected chi connectivity index (χ0v) is 15.6. The second kappa shape index (κ2) is 7.10. The molecule has 2 aliphatic rings. The van der Waals surface area contributed by atoms with Crippen LogP contribution in [0, 0.1) is 11.7 Å². The van der Waals surface area contributed by atoms with Crippen molar-refractivity contribution in [3.8, 4) is 0 Å². The van der Waals surface area contributed by atoms with Crippen molar-refractivity contribution in [2.45, 2.75) is 18.9 Å². The number of hydrogen-bond acceptors (Lipinski definition) is 2. The minimum absolute atomic E-state index is 0.143. The van der Waals surface area contributed by atoms with Crippen LogP contribution in [0.2, 0.25) is 0 Å². The van der Waals surface area contributed by atoms with Gasteiger partial charge in [-0.3, -0.25) is 4.90 Å². The summed E-state index contributed by atoms with van der Waals surface area (Å²) in [7, 11) is 0. The fraction of sp³-hybridized carbons (Fsp3) is 0.391. The molecule has 2 fully saturated rings. The predicted molar refractivity (Wildman–Crippen MR) is 107 cm³/mol. The molecule has 1 saturated heterocycles. The smallest absolute Gasteiger partial charge is 0.123 e. The first-order chi connectivity index (χ1) is 13.3. The Morgan fingerprint density at radius 3 is 2.56 bits per heavy atom. The molecule has 1 aliphatic heterocycles. The quantitative estimate of drug-likeness (QED) is 0.733. The van der Waals surface area contributed by atoms with E-state index in [2.05, 4.69) is 51.3 Å². The summed E-state index contributed by atoms with van der Waals surface area (Å²) in [5.41, 5.74) is 3.75. The number of fused-ring (bicyclic) bond motifs is 1.